The fourth-order valence-corrected chi connectivity index (χ4v) is 1.38. The number of nitrogens with two attached hydrogens (primary N) is 1. The molecule has 0 spiro atoms. The summed E-state index contributed by atoms with van der Waals surface area (Å²) in [4.78, 5) is 21.4. The zero-order valence-electron chi connectivity index (χ0n) is 10.8. The highest BCUT2D eigenvalue weighted by Crippen LogP contribution is 2.11. The van der Waals surface area contributed by atoms with Gasteiger partial charge in [-0.1, -0.05) is 12.1 Å². The van der Waals surface area contributed by atoms with Crippen LogP contribution in [0.4, 0.5) is 0 Å². The maximum absolute atomic E-state index is 10.9. The number of primary amides is 1. The number of ether oxygens (including phenoxy) is 2. The second-order valence-corrected chi connectivity index (χ2v) is 3.90. The van der Waals surface area contributed by atoms with E-state index < -0.39 is 5.91 Å². The van der Waals surface area contributed by atoms with E-state index in [9.17, 15) is 9.59 Å². The molecule has 0 saturated heterocycles. The summed E-state index contributed by atoms with van der Waals surface area (Å²) >= 11 is 0. The molecule has 104 valence electrons. The number of rotatable bonds is 8. The molecule has 6 nitrogen and oxygen atoms in total. The summed E-state index contributed by atoms with van der Waals surface area (Å²) in [5.74, 6) is -0.145. The molecule has 0 bridgehead atoms. The fraction of sp³-hybridized carbons (Fsp3) is 0.385. The van der Waals surface area contributed by atoms with E-state index in [1.54, 1.807) is 12.1 Å². The zero-order chi connectivity index (χ0) is 14.1. The quantitative estimate of drug-likeness (QED) is 0.518. The SMILES string of the molecule is COC(=O)CCNCc1ccc(OCC(N)=O)cc1. The van der Waals surface area contributed by atoms with Crippen molar-refractivity contribution in [1.82, 2.24) is 5.32 Å². The molecule has 0 radical (unpaired) electrons. The van der Waals surface area contributed by atoms with Gasteiger partial charge in [0, 0.05) is 13.1 Å². The molecular weight excluding hydrogens is 248 g/mol. The van der Waals surface area contributed by atoms with Crippen LogP contribution in [0.3, 0.4) is 0 Å². The van der Waals surface area contributed by atoms with E-state index >= 15 is 0 Å². The van der Waals surface area contributed by atoms with Crippen LogP contribution in [0.15, 0.2) is 24.3 Å². The van der Waals surface area contributed by atoms with Crippen molar-refractivity contribution in [3.63, 3.8) is 0 Å². The maximum Gasteiger partial charge on any atom is 0.306 e. The van der Waals surface area contributed by atoms with Crippen molar-refractivity contribution in [2.24, 2.45) is 5.73 Å². The van der Waals surface area contributed by atoms with Crippen molar-refractivity contribution in [2.75, 3.05) is 20.3 Å². The van der Waals surface area contributed by atoms with Gasteiger partial charge in [0.05, 0.1) is 13.5 Å². The Bertz CT molecular complexity index is 417. The molecule has 0 fully saturated rings. The number of hydrogen-bond acceptors (Lipinski definition) is 5. The number of hydrogen-bond donors (Lipinski definition) is 2. The fourth-order valence-electron chi connectivity index (χ4n) is 1.38. The van der Waals surface area contributed by atoms with Gasteiger partial charge in [-0.05, 0) is 17.7 Å². The molecule has 6 heteroatoms. The van der Waals surface area contributed by atoms with Gasteiger partial charge in [-0.25, -0.2) is 0 Å². The van der Waals surface area contributed by atoms with Crippen LogP contribution < -0.4 is 15.8 Å². The third-order valence-electron chi connectivity index (χ3n) is 2.37. The van der Waals surface area contributed by atoms with Crippen LogP contribution in [0.25, 0.3) is 0 Å². The monoisotopic (exact) mass is 266 g/mol. The number of benzene rings is 1. The molecule has 19 heavy (non-hydrogen) atoms. The minimum absolute atomic E-state index is 0.128. The lowest BCUT2D eigenvalue weighted by molar-refractivity contribution is -0.140. The first-order chi connectivity index (χ1) is 9.11. The lowest BCUT2D eigenvalue weighted by Gasteiger charge is -2.06. The number of carbonyl (C=O) groups excluding carboxylic acids is 2. The summed E-state index contributed by atoms with van der Waals surface area (Å²) in [6.07, 6.45) is 0.344. The summed E-state index contributed by atoms with van der Waals surface area (Å²) in [5, 5.41) is 3.12. The van der Waals surface area contributed by atoms with Gasteiger partial charge in [-0.3, -0.25) is 9.59 Å². The van der Waals surface area contributed by atoms with E-state index in [-0.39, 0.29) is 12.6 Å². The maximum atomic E-state index is 10.9. The first-order valence-corrected chi connectivity index (χ1v) is 5.89. The Morgan fingerprint density at radius 1 is 1.26 bits per heavy atom. The van der Waals surface area contributed by atoms with E-state index in [4.69, 9.17) is 10.5 Å². The molecule has 0 heterocycles. The Labute approximate surface area is 111 Å². The number of nitrogens with one attached hydrogen (secondary N) is 1. The van der Waals surface area contributed by atoms with Crippen molar-refractivity contribution < 1.29 is 19.1 Å². The third kappa shape index (κ3) is 6.42. The second kappa shape index (κ2) is 8.10. The molecule has 0 aliphatic heterocycles. The summed E-state index contributed by atoms with van der Waals surface area (Å²) < 4.78 is 9.67. The highest BCUT2D eigenvalue weighted by atomic mass is 16.5. The van der Waals surface area contributed by atoms with Crippen LogP contribution in [0.1, 0.15) is 12.0 Å². The predicted molar refractivity (Wildman–Crippen MR) is 69.5 cm³/mol. The molecular formula is C13H18N2O4. The van der Waals surface area contributed by atoms with Crippen molar-refractivity contribution in [3.8, 4) is 5.75 Å². The van der Waals surface area contributed by atoms with Gasteiger partial charge >= 0.3 is 5.97 Å². The van der Waals surface area contributed by atoms with Crippen LogP contribution in [0.2, 0.25) is 0 Å². The third-order valence-corrected chi connectivity index (χ3v) is 2.37. The van der Waals surface area contributed by atoms with Gasteiger partial charge in [-0.15, -0.1) is 0 Å². The average molecular weight is 266 g/mol. The van der Waals surface area contributed by atoms with Crippen molar-refractivity contribution in [2.45, 2.75) is 13.0 Å². The standard InChI is InChI=1S/C13H18N2O4/c1-18-13(17)6-7-15-8-10-2-4-11(5-3-10)19-9-12(14)16/h2-5,15H,6-9H2,1H3,(H2,14,16). The first-order valence-electron chi connectivity index (χ1n) is 5.89. The Kier molecular flexibility index (Phi) is 6.38. The van der Waals surface area contributed by atoms with Crippen LogP contribution in [0.5, 0.6) is 5.75 Å². The van der Waals surface area contributed by atoms with E-state index in [2.05, 4.69) is 10.1 Å². The topological polar surface area (TPSA) is 90.7 Å². The molecule has 1 amide bonds. The van der Waals surface area contributed by atoms with Gasteiger partial charge in [0.1, 0.15) is 5.75 Å². The smallest absolute Gasteiger partial charge is 0.306 e. The van der Waals surface area contributed by atoms with E-state index in [0.717, 1.165) is 5.56 Å². The van der Waals surface area contributed by atoms with Crippen LogP contribution in [-0.4, -0.2) is 32.1 Å². The van der Waals surface area contributed by atoms with E-state index in [1.807, 2.05) is 12.1 Å². The normalized spacial score (nSPS) is 9.95. The number of esters is 1. The number of amides is 1. The van der Waals surface area contributed by atoms with Gasteiger partial charge < -0.3 is 20.5 Å². The first kappa shape index (κ1) is 15.0. The van der Waals surface area contributed by atoms with Crippen molar-refractivity contribution in [1.29, 1.82) is 0 Å². The molecule has 1 aromatic carbocycles. The molecule has 0 aliphatic rings. The van der Waals surface area contributed by atoms with E-state index in [1.165, 1.54) is 7.11 Å². The average Bonchev–Trinajstić information content (AvgIpc) is 2.42. The lowest BCUT2D eigenvalue weighted by Crippen LogP contribution is -2.20. The highest BCUT2D eigenvalue weighted by Gasteiger charge is 2.00. The molecule has 0 saturated carbocycles. The Hall–Kier alpha value is -2.08. The molecule has 0 aliphatic carbocycles. The zero-order valence-corrected chi connectivity index (χ0v) is 10.8. The van der Waals surface area contributed by atoms with Gasteiger partial charge in [0.2, 0.25) is 0 Å². The van der Waals surface area contributed by atoms with Crippen LogP contribution in [0, 0.1) is 0 Å². The molecule has 3 N–H and O–H groups in total. The van der Waals surface area contributed by atoms with E-state index in [0.29, 0.717) is 25.3 Å². The summed E-state index contributed by atoms with van der Waals surface area (Å²) in [6, 6.07) is 7.28. The largest absolute Gasteiger partial charge is 0.484 e. The van der Waals surface area contributed by atoms with Gasteiger partial charge in [0.25, 0.3) is 5.91 Å². The van der Waals surface area contributed by atoms with Crippen LogP contribution >= 0.6 is 0 Å². The molecule has 0 aromatic heterocycles. The molecule has 0 unspecified atom stereocenters. The molecule has 1 rings (SSSR count). The Morgan fingerprint density at radius 3 is 2.53 bits per heavy atom. The predicted octanol–water partition coefficient (Wildman–Crippen LogP) is 0.203. The van der Waals surface area contributed by atoms with Gasteiger partial charge in [0.15, 0.2) is 6.61 Å². The molecule has 1 aromatic rings. The van der Waals surface area contributed by atoms with Crippen molar-refractivity contribution >= 4 is 11.9 Å². The Balaban J connectivity index is 2.28. The summed E-state index contributed by atoms with van der Waals surface area (Å²) in [7, 11) is 1.37. The summed E-state index contributed by atoms with van der Waals surface area (Å²) in [5.41, 5.74) is 6.03. The second-order valence-electron chi connectivity index (χ2n) is 3.90. The Morgan fingerprint density at radius 2 is 1.95 bits per heavy atom. The van der Waals surface area contributed by atoms with Gasteiger partial charge in [-0.2, -0.15) is 0 Å². The van der Waals surface area contributed by atoms with Crippen LogP contribution in [-0.2, 0) is 20.9 Å². The highest BCUT2D eigenvalue weighted by molar-refractivity contribution is 5.75. The number of methoxy groups -OCH3 is 1. The minimum Gasteiger partial charge on any atom is -0.484 e. The lowest BCUT2D eigenvalue weighted by atomic mass is 10.2. The minimum atomic E-state index is -0.506. The number of carbonyl (C=O) groups is 2. The van der Waals surface area contributed by atoms with Crippen molar-refractivity contribution in [3.05, 3.63) is 29.8 Å². The molecule has 0 atom stereocenters. The summed E-state index contributed by atoms with van der Waals surface area (Å²) in [6.45, 7) is 1.08.